The van der Waals surface area contributed by atoms with E-state index in [0.717, 1.165) is 6.42 Å². The van der Waals surface area contributed by atoms with Crippen molar-refractivity contribution in [3.8, 4) is 0 Å². The van der Waals surface area contributed by atoms with Gasteiger partial charge in [0.2, 0.25) is 11.8 Å². The average Bonchev–Trinajstić information content (AvgIpc) is 2.54. The Balaban J connectivity index is 2.79. The molecule has 2 N–H and O–H groups in total. The first kappa shape index (κ1) is 10.2. The Hall–Kier alpha value is -0.900. The van der Waals surface area contributed by atoms with Crippen LogP contribution in [-0.4, -0.2) is 16.7 Å². The number of rotatable bonds is 4. The second-order valence-corrected chi connectivity index (χ2v) is 3.78. The zero-order valence-electron chi connectivity index (χ0n) is 8.50. The van der Waals surface area contributed by atoms with Gasteiger partial charge in [-0.15, -0.1) is 10.2 Å². The molecule has 1 rings (SSSR count). The molecule has 0 saturated heterocycles. The van der Waals surface area contributed by atoms with Crippen molar-refractivity contribution < 1.29 is 4.42 Å². The van der Waals surface area contributed by atoms with Gasteiger partial charge in [-0.3, -0.25) is 0 Å². The molecule has 4 heteroatoms. The van der Waals surface area contributed by atoms with Crippen LogP contribution in [0.15, 0.2) is 4.42 Å². The van der Waals surface area contributed by atoms with E-state index in [4.69, 9.17) is 10.2 Å². The van der Waals surface area contributed by atoms with Gasteiger partial charge in [0.15, 0.2) is 0 Å². The summed E-state index contributed by atoms with van der Waals surface area (Å²) >= 11 is 0. The lowest BCUT2D eigenvalue weighted by atomic mass is 9.90. The standard InChI is InChI=1S/C9H17N3O/c1-4-9(2,3)8-12-11-7(13-8)5-6-10/h4-6,10H2,1-3H3. The van der Waals surface area contributed by atoms with Crippen molar-refractivity contribution in [2.24, 2.45) is 5.73 Å². The summed E-state index contributed by atoms with van der Waals surface area (Å²) in [6.45, 7) is 6.83. The molecule has 74 valence electrons. The van der Waals surface area contributed by atoms with Gasteiger partial charge in [-0.1, -0.05) is 20.8 Å². The molecular weight excluding hydrogens is 166 g/mol. The number of nitrogens with zero attached hydrogens (tertiary/aromatic N) is 2. The van der Waals surface area contributed by atoms with Crippen LogP contribution >= 0.6 is 0 Å². The molecule has 0 aliphatic rings. The fraction of sp³-hybridized carbons (Fsp3) is 0.778. The zero-order valence-corrected chi connectivity index (χ0v) is 8.50. The number of nitrogens with two attached hydrogens (primary N) is 1. The van der Waals surface area contributed by atoms with Gasteiger partial charge in [0.05, 0.1) is 0 Å². The smallest absolute Gasteiger partial charge is 0.222 e. The summed E-state index contributed by atoms with van der Waals surface area (Å²) in [6, 6.07) is 0. The highest BCUT2D eigenvalue weighted by atomic mass is 16.4. The van der Waals surface area contributed by atoms with Crippen LogP contribution in [0, 0.1) is 0 Å². The quantitative estimate of drug-likeness (QED) is 0.763. The Morgan fingerprint density at radius 3 is 2.62 bits per heavy atom. The molecular formula is C9H17N3O. The van der Waals surface area contributed by atoms with E-state index in [1.807, 2.05) is 0 Å². The molecule has 0 radical (unpaired) electrons. The predicted molar refractivity (Wildman–Crippen MR) is 50.4 cm³/mol. The van der Waals surface area contributed by atoms with Crippen LogP contribution in [0.25, 0.3) is 0 Å². The predicted octanol–water partition coefficient (Wildman–Crippen LogP) is 1.26. The second-order valence-electron chi connectivity index (χ2n) is 3.78. The number of aromatic nitrogens is 2. The molecule has 13 heavy (non-hydrogen) atoms. The van der Waals surface area contributed by atoms with E-state index >= 15 is 0 Å². The lowest BCUT2D eigenvalue weighted by molar-refractivity contribution is 0.344. The summed E-state index contributed by atoms with van der Waals surface area (Å²) < 4.78 is 5.48. The second kappa shape index (κ2) is 3.87. The molecule has 0 spiro atoms. The summed E-state index contributed by atoms with van der Waals surface area (Å²) in [5.74, 6) is 1.34. The van der Waals surface area contributed by atoms with Crippen LogP contribution in [0.4, 0.5) is 0 Å². The molecule has 0 bridgehead atoms. The third kappa shape index (κ3) is 2.28. The third-order valence-electron chi connectivity index (χ3n) is 2.29. The molecule has 0 aromatic carbocycles. The van der Waals surface area contributed by atoms with Crippen molar-refractivity contribution in [2.75, 3.05) is 6.54 Å². The van der Waals surface area contributed by atoms with E-state index in [0.29, 0.717) is 24.7 Å². The molecule has 0 fully saturated rings. The van der Waals surface area contributed by atoms with Crippen molar-refractivity contribution in [3.63, 3.8) is 0 Å². The maximum absolute atomic E-state index is 5.48. The van der Waals surface area contributed by atoms with Crippen LogP contribution < -0.4 is 5.73 Å². The molecule has 0 amide bonds. The van der Waals surface area contributed by atoms with Crippen LogP contribution in [0.2, 0.25) is 0 Å². The Labute approximate surface area is 78.5 Å². The van der Waals surface area contributed by atoms with E-state index in [1.54, 1.807) is 0 Å². The Bertz CT molecular complexity index is 268. The third-order valence-corrected chi connectivity index (χ3v) is 2.29. The summed E-state index contributed by atoms with van der Waals surface area (Å²) in [7, 11) is 0. The molecule has 0 atom stereocenters. The van der Waals surface area contributed by atoms with Crippen LogP contribution in [-0.2, 0) is 11.8 Å². The number of hydrogen-bond acceptors (Lipinski definition) is 4. The van der Waals surface area contributed by atoms with Gasteiger partial charge in [-0.25, -0.2) is 0 Å². The van der Waals surface area contributed by atoms with Crippen molar-refractivity contribution in [3.05, 3.63) is 11.8 Å². The Morgan fingerprint density at radius 2 is 2.08 bits per heavy atom. The fourth-order valence-electron chi connectivity index (χ4n) is 0.903. The minimum Gasteiger partial charge on any atom is -0.425 e. The summed E-state index contributed by atoms with van der Waals surface area (Å²) in [5, 5.41) is 7.93. The van der Waals surface area contributed by atoms with E-state index in [9.17, 15) is 0 Å². The minimum absolute atomic E-state index is 0.0279. The largest absolute Gasteiger partial charge is 0.425 e. The first-order chi connectivity index (χ1) is 6.10. The Morgan fingerprint density at radius 1 is 1.38 bits per heavy atom. The van der Waals surface area contributed by atoms with Crippen molar-refractivity contribution >= 4 is 0 Å². The van der Waals surface area contributed by atoms with E-state index in [1.165, 1.54) is 0 Å². The van der Waals surface area contributed by atoms with Gasteiger partial charge in [0, 0.05) is 18.4 Å². The molecule has 0 aliphatic heterocycles. The van der Waals surface area contributed by atoms with Crippen LogP contribution in [0.5, 0.6) is 0 Å². The maximum atomic E-state index is 5.48. The van der Waals surface area contributed by atoms with E-state index < -0.39 is 0 Å². The first-order valence-corrected chi connectivity index (χ1v) is 4.63. The summed E-state index contributed by atoms with van der Waals surface area (Å²) in [4.78, 5) is 0. The Kier molecular flexibility index (Phi) is 3.03. The highest BCUT2D eigenvalue weighted by Gasteiger charge is 2.24. The van der Waals surface area contributed by atoms with Gasteiger partial charge in [-0.2, -0.15) is 0 Å². The fourth-order valence-corrected chi connectivity index (χ4v) is 0.903. The minimum atomic E-state index is -0.0279. The van der Waals surface area contributed by atoms with Crippen molar-refractivity contribution in [1.29, 1.82) is 0 Å². The molecule has 0 saturated carbocycles. The topological polar surface area (TPSA) is 64.9 Å². The van der Waals surface area contributed by atoms with Crippen molar-refractivity contribution in [2.45, 2.75) is 39.0 Å². The average molecular weight is 183 g/mol. The molecule has 1 heterocycles. The van der Waals surface area contributed by atoms with Crippen LogP contribution in [0.3, 0.4) is 0 Å². The molecule has 1 aromatic heterocycles. The maximum Gasteiger partial charge on any atom is 0.222 e. The first-order valence-electron chi connectivity index (χ1n) is 4.63. The lowest BCUT2D eigenvalue weighted by Crippen LogP contribution is -2.15. The normalized spacial score (nSPS) is 12.0. The molecule has 0 aliphatic carbocycles. The van der Waals surface area contributed by atoms with Gasteiger partial charge < -0.3 is 10.2 Å². The van der Waals surface area contributed by atoms with E-state index in [-0.39, 0.29) is 5.41 Å². The molecule has 1 aromatic rings. The van der Waals surface area contributed by atoms with Gasteiger partial charge in [0.1, 0.15) is 0 Å². The monoisotopic (exact) mass is 183 g/mol. The zero-order chi connectivity index (χ0) is 9.90. The molecule has 0 unspecified atom stereocenters. The van der Waals surface area contributed by atoms with Crippen molar-refractivity contribution in [1.82, 2.24) is 10.2 Å². The summed E-state index contributed by atoms with van der Waals surface area (Å²) in [5.41, 5.74) is 5.36. The van der Waals surface area contributed by atoms with Gasteiger partial charge in [-0.05, 0) is 6.42 Å². The van der Waals surface area contributed by atoms with E-state index in [2.05, 4.69) is 31.0 Å². The van der Waals surface area contributed by atoms with Gasteiger partial charge >= 0.3 is 0 Å². The highest BCUT2D eigenvalue weighted by Crippen LogP contribution is 2.24. The molecule has 4 nitrogen and oxygen atoms in total. The SMILES string of the molecule is CCC(C)(C)c1nnc(CCN)o1. The van der Waals surface area contributed by atoms with Gasteiger partial charge in [0.25, 0.3) is 0 Å². The lowest BCUT2D eigenvalue weighted by Gasteiger charge is -2.16. The van der Waals surface area contributed by atoms with Crippen LogP contribution in [0.1, 0.15) is 39.0 Å². The number of hydrogen-bond donors (Lipinski definition) is 1. The highest BCUT2D eigenvalue weighted by molar-refractivity contribution is 4.98. The summed E-state index contributed by atoms with van der Waals surface area (Å²) in [6.07, 6.45) is 1.64.